The van der Waals surface area contributed by atoms with E-state index in [1.54, 1.807) is 6.92 Å². The highest BCUT2D eigenvalue weighted by Crippen LogP contribution is 2.42. The van der Waals surface area contributed by atoms with Crippen LogP contribution >= 0.6 is 11.3 Å². The quantitative estimate of drug-likeness (QED) is 0.898. The molecule has 1 aromatic rings. The zero-order chi connectivity index (χ0) is 15.6. The third-order valence-corrected chi connectivity index (χ3v) is 7.18. The molecule has 2 N–H and O–H groups in total. The average molecular weight is 327 g/mol. The third-order valence-electron chi connectivity index (χ3n) is 4.03. The van der Waals surface area contributed by atoms with E-state index in [-0.39, 0.29) is 21.2 Å². The monoisotopic (exact) mass is 327 g/mol. The Morgan fingerprint density at radius 2 is 2.05 bits per heavy atom. The van der Waals surface area contributed by atoms with Crippen molar-refractivity contribution in [1.82, 2.24) is 0 Å². The van der Waals surface area contributed by atoms with Crippen molar-refractivity contribution in [3.05, 3.63) is 4.88 Å². The van der Waals surface area contributed by atoms with Crippen LogP contribution < -0.4 is 10.6 Å². The molecule has 1 fully saturated rings. The Balaban J connectivity index is 2.40. The van der Waals surface area contributed by atoms with Crippen LogP contribution in [-0.2, 0) is 9.84 Å². The topological polar surface area (TPSA) is 87.2 Å². The second kappa shape index (κ2) is 6.24. The first-order valence-corrected chi connectivity index (χ1v) is 9.63. The molecule has 116 valence electrons. The molecule has 1 saturated carbocycles. The van der Waals surface area contributed by atoms with Gasteiger partial charge in [-0.3, -0.25) is 0 Å². The summed E-state index contributed by atoms with van der Waals surface area (Å²) in [5.41, 5.74) is 6.01. The van der Waals surface area contributed by atoms with Crippen molar-refractivity contribution >= 4 is 31.9 Å². The van der Waals surface area contributed by atoms with Gasteiger partial charge in [-0.15, -0.1) is 11.3 Å². The van der Waals surface area contributed by atoms with E-state index in [4.69, 9.17) is 11.0 Å². The highest BCUT2D eigenvalue weighted by Gasteiger charge is 2.29. The zero-order valence-electron chi connectivity index (χ0n) is 12.4. The summed E-state index contributed by atoms with van der Waals surface area (Å²) in [5, 5.41) is 9.74. The Bertz CT molecular complexity index is 652. The highest BCUT2D eigenvalue weighted by atomic mass is 32.2. The summed E-state index contributed by atoms with van der Waals surface area (Å²) in [6.45, 7) is 2.41. The van der Waals surface area contributed by atoms with Crippen LogP contribution in [0, 0.1) is 17.2 Å². The van der Waals surface area contributed by atoms with Crippen molar-refractivity contribution in [2.75, 3.05) is 30.0 Å². The molecule has 1 aromatic heterocycles. The van der Waals surface area contributed by atoms with Crippen molar-refractivity contribution in [1.29, 1.82) is 5.26 Å². The normalized spacial score (nSPS) is 16.0. The number of hydrogen-bond acceptors (Lipinski definition) is 6. The minimum atomic E-state index is -3.43. The van der Waals surface area contributed by atoms with Crippen molar-refractivity contribution in [2.45, 2.75) is 37.5 Å². The lowest BCUT2D eigenvalue weighted by Crippen LogP contribution is -2.25. The van der Waals surface area contributed by atoms with Crippen LogP contribution in [0.3, 0.4) is 0 Å². The maximum absolute atomic E-state index is 12.3. The summed E-state index contributed by atoms with van der Waals surface area (Å²) in [6, 6.07) is 2.00. The minimum absolute atomic E-state index is 0.0108. The van der Waals surface area contributed by atoms with Crippen LogP contribution in [0.15, 0.2) is 4.90 Å². The molecule has 0 spiro atoms. The van der Waals surface area contributed by atoms with Crippen molar-refractivity contribution in [3.8, 4) is 6.07 Å². The first-order chi connectivity index (χ1) is 9.90. The molecule has 1 heterocycles. The molecular weight excluding hydrogens is 306 g/mol. The number of nitrogen functional groups attached to an aromatic ring is 1. The van der Waals surface area contributed by atoms with E-state index in [0.717, 1.165) is 6.54 Å². The van der Waals surface area contributed by atoms with Crippen LogP contribution in [0.5, 0.6) is 0 Å². The zero-order valence-corrected chi connectivity index (χ0v) is 14.1. The fraction of sp³-hybridized carbons (Fsp3) is 0.643. The lowest BCUT2D eigenvalue weighted by molar-refractivity contribution is 0.546. The smallest absolute Gasteiger partial charge is 0.183 e. The fourth-order valence-corrected chi connectivity index (χ4v) is 5.46. The maximum Gasteiger partial charge on any atom is 0.183 e. The van der Waals surface area contributed by atoms with Gasteiger partial charge in [-0.2, -0.15) is 5.26 Å². The molecule has 0 saturated heterocycles. The number of thiophene rings is 1. The van der Waals surface area contributed by atoms with Gasteiger partial charge < -0.3 is 10.6 Å². The summed E-state index contributed by atoms with van der Waals surface area (Å²) in [7, 11) is -1.55. The number of hydrogen-bond donors (Lipinski definition) is 1. The van der Waals surface area contributed by atoms with E-state index in [0.29, 0.717) is 10.9 Å². The predicted molar refractivity (Wildman–Crippen MR) is 86.4 cm³/mol. The van der Waals surface area contributed by atoms with Gasteiger partial charge in [0, 0.05) is 13.6 Å². The molecule has 0 aromatic carbocycles. The molecule has 0 atom stereocenters. The van der Waals surface area contributed by atoms with Crippen molar-refractivity contribution < 1.29 is 8.42 Å². The summed E-state index contributed by atoms with van der Waals surface area (Å²) in [5.74, 6) is 0.587. The largest absolute Gasteiger partial charge is 0.396 e. The number of anilines is 2. The molecule has 21 heavy (non-hydrogen) atoms. The van der Waals surface area contributed by atoms with Gasteiger partial charge in [-0.1, -0.05) is 19.8 Å². The number of nitrogens with zero attached hydrogens (tertiary/aromatic N) is 2. The van der Waals surface area contributed by atoms with Gasteiger partial charge in [0.25, 0.3) is 0 Å². The van der Waals surface area contributed by atoms with E-state index in [9.17, 15) is 8.42 Å². The predicted octanol–water partition coefficient (Wildman–Crippen LogP) is 2.62. The van der Waals surface area contributed by atoms with Crippen molar-refractivity contribution in [2.24, 2.45) is 5.92 Å². The summed E-state index contributed by atoms with van der Waals surface area (Å²) < 4.78 is 24.6. The standard InChI is InChI=1S/C14H21N3O2S2/c1-3-21(18,19)13-12(16)11(8-15)20-14(13)17(2)9-10-6-4-5-7-10/h10H,3-7,9,16H2,1-2H3. The summed E-state index contributed by atoms with van der Waals surface area (Å²) in [6.07, 6.45) is 4.86. The summed E-state index contributed by atoms with van der Waals surface area (Å²) >= 11 is 1.18. The molecule has 2 rings (SSSR count). The average Bonchev–Trinajstić information content (AvgIpc) is 3.06. The lowest BCUT2D eigenvalue weighted by atomic mass is 10.1. The highest BCUT2D eigenvalue weighted by molar-refractivity contribution is 7.91. The Morgan fingerprint density at radius 3 is 2.57 bits per heavy atom. The first-order valence-electron chi connectivity index (χ1n) is 7.17. The molecule has 5 nitrogen and oxygen atoms in total. The first kappa shape index (κ1) is 16.1. The Morgan fingerprint density at radius 1 is 1.43 bits per heavy atom. The molecule has 7 heteroatoms. The van der Waals surface area contributed by atoms with Gasteiger partial charge in [0.05, 0.1) is 11.4 Å². The second-order valence-electron chi connectivity index (χ2n) is 5.53. The molecule has 1 aliphatic rings. The number of nitrogens with two attached hydrogens (primary N) is 1. The minimum Gasteiger partial charge on any atom is -0.396 e. The van der Waals surface area contributed by atoms with Crippen LogP contribution in [0.4, 0.5) is 10.7 Å². The molecule has 0 bridgehead atoms. The van der Waals surface area contributed by atoms with E-state index in [1.165, 1.54) is 37.0 Å². The fourth-order valence-electron chi connectivity index (χ4n) is 2.86. The number of sulfone groups is 1. The van der Waals surface area contributed by atoms with Gasteiger partial charge in [-0.25, -0.2) is 8.42 Å². The van der Waals surface area contributed by atoms with Gasteiger partial charge in [0.2, 0.25) is 0 Å². The number of rotatable bonds is 5. The van der Waals surface area contributed by atoms with Crippen LogP contribution in [-0.4, -0.2) is 27.8 Å². The van der Waals surface area contributed by atoms with Crippen LogP contribution in [0.25, 0.3) is 0 Å². The maximum atomic E-state index is 12.3. The Labute approximate surface area is 130 Å². The molecule has 0 amide bonds. The van der Waals surface area contributed by atoms with Crippen LogP contribution in [0.1, 0.15) is 37.5 Å². The molecule has 1 aliphatic carbocycles. The Hall–Kier alpha value is -1.26. The number of nitriles is 1. The van der Waals surface area contributed by atoms with E-state index < -0.39 is 9.84 Å². The summed E-state index contributed by atoms with van der Waals surface area (Å²) in [4.78, 5) is 2.39. The third kappa shape index (κ3) is 3.16. The van der Waals surface area contributed by atoms with Crippen LogP contribution in [0.2, 0.25) is 0 Å². The van der Waals surface area contributed by atoms with Gasteiger partial charge in [0.15, 0.2) is 9.84 Å². The van der Waals surface area contributed by atoms with Crippen molar-refractivity contribution in [3.63, 3.8) is 0 Å². The van der Waals surface area contributed by atoms with E-state index in [1.807, 2.05) is 18.0 Å². The Kier molecular flexibility index (Phi) is 4.79. The molecule has 0 unspecified atom stereocenters. The van der Waals surface area contributed by atoms with Gasteiger partial charge in [0.1, 0.15) is 20.8 Å². The SMILES string of the molecule is CCS(=O)(=O)c1c(N(C)CC2CCCC2)sc(C#N)c1N. The van der Waals surface area contributed by atoms with Gasteiger partial charge in [-0.05, 0) is 18.8 Å². The molecular formula is C14H21N3O2S2. The van der Waals surface area contributed by atoms with E-state index in [2.05, 4.69) is 0 Å². The van der Waals surface area contributed by atoms with Gasteiger partial charge >= 0.3 is 0 Å². The van der Waals surface area contributed by atoms with E-state index >= 15 is 0 Å². The molecule has 0 aliphatic heterocycles. The lowest BCUT2D eigenvalue weighted by Gasteiger charge is -2.22. The second-order valence-corrected chi connectivity index (χ2v) is 8.74. The molecule has 0 radical (unpaired) electrons.